The zero-order valence-electron chi connectivity index (χ0n) is 8.21. The van der Waals surface area contributed by atoms with Crippen LogP contribution < -0.4 is 0 Å². The summed E-state index contributed by atoms with van der Waals surface area (Å²) in [5, 5.41) is 8.90. The molecule has 2 heterocycles. The molecule has 0 spiro atoms. The molecule has 0 bridgehead atoms. The molecule has 0 aliphatic heterocycles. The third kappa shape index (κ3) is 1.61. The Labute approximate surface area is 86.8 Å². The lowest BCUT2D eigenvalue weighted by molar-refractivity contribution is 0.0696. The summed E-state index contributed by atoms with van der Waals surface area (Å²) in [6, 6.07) is 5.26. The van der Waals surface area contributed by atoms with Crippen molar-refractivity contribution in [1.29, 1.82) is 0 Å². The molecule has 0 radical (unpaired) electrons. The number of carboxylic acid groups (broad SMARTS) is 1. The summed E-state index contributed by atoms with van der Waals surface area (Å²) in [6.07, 6.45) is 5.10. The van der Waals surface area contributed by atoms with Crippen molar-refractivity contribution < 1.29 is 9.90 Å². The number of hydrogen-bond acceptors (Lipinski definition) is 2. The zero-order valence-corrected chi connectivity index (χ0v) is 8.21. The predicted octanol–water partition coefficient (Wildman–Crippen LogP) is 1.88. The molecule has 4 nitrogen and oxygen atoms in total. The van der Waals surface area contributed by atoms with Gasteiger partial charge >= 0.3 is 5.97 Å². The maximum atomic E-state index is 10.8. The largest absolute Gasteiger partial charge is 0.478 e. The van der Waals surface area contributed by atoms with E-state index in [4.69, 9.17) is 5.11 Å². The number of carboxylic acids is 1. The summed E-state index contributed by atoms with van der Waals surface area (Å²) >= 11 is 0. The first-order valence-electron chi connectivity index (χ1n) is 4.52. The summed E-state index contributed by atoms with van der Waals surface area (Å²) < 4.78 is 1.82. The van der Waals surface area contributed by atoms with Gasteiger partial charge in [0.25, 0.3) is 0 Å². The van der Waals surface area contributed by atoms with E-state index in [2.05, 4.69) is 4.98 Å². The Balaban J connectivity index is 2.52. The van der Waals surface area contributed by atoms with Crippen molar-refractivity contribution in [2.75, 3.05) is 0 Å². The van der Waals surface area contributed by atoms with Gasteiger partial charge in [0.05, 0.1) is 5.56 Å². The molecule has 0 aromatic carbocycles. The molecule has 2 aromatic heterocycles. The molecule has 0 atom stereocenters. The Morgan fingerprint density at radius 2 is 2.00 bits per heavy atom. The molecule has 76 valence electrons. The van der Waals surface area contributed by atoms with Crippen LogP contribution >= 0.6 is 0 Å². The van der Waals surface area contributed by atoms with E-state index < -0.39 is 5.97 Å². The van der Waals surface area contributed by atoms with Gasteiger partial charge in [-0.3, -0.25) is 4.98 Å². The van der Waals surface area contributed by atoms with Gasteiger partial charge in [-0.05, 0) is 25.1 Å². The summed E-state index contributed by atoms with van der Waals surface area (Å²) in [7, 11) is 0. The van der Waals surface area contributed by atoms with Gasteiger partial charge in [0.15, 0.2) is 0 Å². The Bertz CT molecular complexity index is 489. The summed E-state index contributed by atoms with van der Waals surface area (Å²) in [5.41, 5.74) is 1.95. The van der Waals surface area contributed by atoms with Gasteiger partial charge in [-0.2, -0.15) is 0 Å². The summed E-state index contributed by atoms with van der Waals surface area (Å²) in [4.78, 5) is 14.8. The van der Waals surface area contributed by atoms with Crippen molar-refractivity contribution in [2.24, 2.45) is 0 Å². The predicted molar refractivity (Wildman–Crippen MR) is 55.3 cm³/mol. The molecule has 2 rings (SSSR count). The molecule has 0 aliphatic rings. The van der Waals surface area contributed by atoms with Gasteiger partial charge in [0.2, 0.25) is 0 Å². The van der Waals surface area contributed by atoms with Gasteiger partial charge in [-0.25, -0.2) is 4.79 Å². The minimum atomic E-state index is -0.902. The summed E-state index contributed by atoms with van der Waals surface area (Å²) in [6.45, 7) is 1.78. The quantitative estimate of drug-likeness (QED) is 0.808. The highest BCUT2D eigenvalue weighted by Gasteiger charge is 2.11. The van der Waals surface area contributed by atoms with Crippen LogP contribution in [-0.4, -0.2) is 20.6 Å². The first kappa shape index (κ1) is 9.45. The van der Waals surface area contributed by atoms with E-state index in [9.17, 15) is 4.79 Å². The number of nitrogens with zero attached hydrogens (tertiary/aromatic N) is 2. The van der Waals surface area contributed by atoms with Gasteiger partial charge < -0.3 is 9.67 Å². The van der Waals surface area contributed by atoms with E-state index in [0.717, 1.165) is 5.69 Å². The monoisotopic (exact) mass is 202 g/mol. The van der Waals surface area contributed by atoms with Crippen LogP contribution in [0.25, 0.3) is 5.69 Å². The molecular formula is C11H10N2O2. The van der Waals surface area contributed by atoms with Crippen LogP contribution in [0.4, 0.5) is 0 Å². The van der Waals surface area contributed by atoms with Gasteiger partial charge in [-0.1, -0.05) is 0 Å². The second-order valence-corrected chi connectivity index (χ2v) is 3.20. The molecule has 4 heteroatoms. The Kier molecular flexibility index (Phi) is 2.25. The molecule has 2 aromatic rings. The highest BCUT2D eigenvalue weighted by Crippen LogP contribution is 2.15. The molecular weight excluding hydrogens is 192 g/mol. The highest BCUT2D eigenvalue weighted by atomic mass is 16.4. The maximum absolute atomic E-state index is 10.8. The minimum absolute atomic E-state index is 0.326. The van der Waals surface area contributed by atoms with Crippen LogP contribution in [0.1, 0.15) is 16.1 Å². The van der Waals surface area contributed by atoms with Crippen LogP contribution in [0.15, 0.2) is 36.8 Å². The lowest BCUT2D eigenvalue weighted by Crippen LogP contribution is -2.01. The molecule has 0 unspecified atom stereocenters. The Hall–Kier alpha value is -2.10. The van der Waals surface area contributed by atoms with Gasteiger partial charge in [-0.15, -0.1) is 0 Å². The van der Waals surface area contributed by atoms with Gasteiger partial charge in [0, 0.05) is 30.0 Å². The average Bonchev–Trinajstić information content (AvgIpc) is 2.61. The third-order valence-corrected chi connectivity index (χ3v) is 2.31. The molecule has 0 fully saturated rings. The number of hydrogen-bond donors (Lipinski definition) is 1. The number of rotatable bonds is 2. The lowest BCUT2D eigenvalue weighted by atomic mass is 10.2. The second kappa shape index (κ2) is 3.57. The zero-order chi connectivity index (χ0) is 10.8. The van der Waals surface area contributed by atoms with Crippen molar-refractivity contribution in [3.05, 3.63) is 48.0 Å². The smallest absolute Gasteiger partial charge is 0.337 e. The molecule has 0 saturated heterocycles. The standard InChI is InChI=1S/C11H10N2O2/c1-8-10(11(14)15)4-7-13(8)9-2-5-12-6-3-9/h2-7H,1H3,(H,14,15). The van der Waals surface area contributed by atoms with Crippen molar-refractivity contribution >= 4 is 5.97 Å². The summed E-state index contributed by atoms with van der Waals surface area (Å²) in [5.74, 6) is -0.902. The number of pyridine rings is 1. The van der Waals surface area contributed by atoms with Crippen LogP contribution in [-0.2, 0) is 0 Å². The molecule has 0 amide bonds. The minimum Gasteiger partial charge on any atom is -0.478 e. The number of aromatic nitrogens is 2. The van der Waals surface area contributed by atoms with Crippen LogP contribution in [0, 0.1) is 6.92 Å². The first-order chi connectivity index (χ1) is 7.20. The lowest BCUT2D eigenvalue weighted by Gasteiger charge is -2.05. The van der Waals surface area contributed by atoms with E-state index in [1.165, 1.54) is 0 Å². The first-order valence-corrected chi connectivity index (χ1v) is 4.52. The van der Waals surface area contributed by atoms with E-state index in [1.54, 1.807) is 31.6 Å². The maximum Gasteiger partial charge on any atom is 0.337 e. The average molecular weight is 202 g/mol. The van der Waals surface area contributed by atoms with Gasteiger partial charge in [0.1, 0.15) is 0 Å². The van der Waals surface area contributed by atoms with Crippen LogP contribution in [0.5, 0.6) is 0 Å². The van der Waals surface area contributed by atoms with E-state index >= 15 is 0 Å². The van der Waals surface area contributed by atoms with E-state index in [1.807, 2.05) is 16.7 Å². The van der Waals surface area contributed by atoms with Crippen molar-refractivity contribution in [3.8, 4) is 5.69 Å². The van der Waals surface area contributed by atoms with E-state index in [0.29, 0.717) is 11.3 Å². The SMILES string of the molecule is Cc1c(C(=O)O)ccn1-c1ccncc1. The topological polar surface area (TPSA) is 55.1 Å². The fraction of sp³-hybridized carbons (Fsp3) is 0.0909. The number of aromatic carboxylic acids is 1. The van der Waals surface area contributed by atoms with Crippen molar-refractivity contribution in [1.82, 2.24) is 9.55 Å². The highest BCUT2D eigenvalue weighted by molar-refractivity contribution is 5.89. The molecule has 1 N–H and O–H groups in total. The van der Waals surface area contributed by atoms with Crippen LogP contribution in [0.2, 0.25) is 0 Å². The number of carbonyl (C=O) groups is 1. The Morgan fingerprint density at radius 3 is 2.53 bits per heavy atom. The molecule has 15 heavy (non-hydrogen) atoms. The Morgan fingerprint density at radius 1 is 1.33 bits per heavy atom. The fourth-order valence-electron chi connectivity index (χ4n) is 1.52. The van der Waals surface area contributed by atoms with E-state index in [-0.39, 0.29) is 0 Å². The van der Waals surface area contributed by atoms with Crippen LogP contribution in [0.3, 0.4) is 0 Å². The van der Waals surface area contributed by atoms with Crippen molar-refractivity contribution in [2.45, 2.75) is 6.92 Å². The second-order valence-electron chi connectivity index (χ2n) is 3.20. The third-order valence-electron chi connectivity index (χ3n) is 2.31. The fourth-order valence-corrected chi connectivity index (χ4v) is 1.52. The molecule has 0 saturated carbocycles. The normalized spacial score (nSPS) is 10.2. The van der Waals surface area contributed by atoms with Crippen molar-refractivity contribution in [3.63, 3.8) is 0 Å². The molecule has 0 aliphatic carbocycles.